The summed E-state index contributed by atoms with van der Waals surface area (Å²) in [6.07, 6.45) is -0.0334. The van der Waals surface area contributed by atoms with Gasteiger partial charge in [-0.15, -0.1) is 0 Å². The van der Waals surface area contributed by atoms with Gasteiger partial charge in [0.15, 0.2) is 0 Å². The first-order valence-electron chi connectivity index (χ1n) is 5.31. The van der Waals surface area contributed by atoms with Gasteiger partial charge in [-0.05, 0) is 27.9 Å². The van der Waals surface area contributed by atoms with Crippen LogP contribution in [-0.4, -0.2) is 11.8 Å². The average molecular weight is 258 g/mol. The minimum Gasteiger partial charge on any atom is -0.369 e. The van der Waals surface area contributed by atoms with E-state index in [9.17, 15) is 9.59 Å². The van der Waals surface area contributed by atoms with Crippen molar-refractivity contribution in [1.29, 1.82) is 0 Å². The zero-order valence-corrected chi connectivity index (χ0v) is 10.9. The van der Waals surface area contributed by atoms with Gasteiger partial charge >= 0.3 is 0 Å². The Kier molecular flexibility index (Phi) is 5.47. The van der Waals surface area contributed by atoms with E-state index < -0.39 is 11.8 Å². The lowest BCUT2D eigenvalue weighted by atomic mass is 9.88. The number of amides is 2. The van der Waals surface area contributed by atoms with Gasteiger partial charge in [0.2, 0.25) is 11.8 Å². The summed E-state index contributed by atoms with van der Waals surface area (Å²) in [6.45, 7) is 22.2. The maximum absolute atomic E-state index is 11.0. The number of nitrogens with two attached hydrogens (primary N) is 2. The second-order valence-corrected chi connectivity index (χ2v) is 4.00. The Bertz CT molecular complexity index is 536. The number of hydrogen-bond donors (Lipinski definition) is 2. The lowest BCUT2D eigenvalue weighted by Crippen LogP contribution is -2.16. The zero-order valence-electron chi connectivity index (χ0n) is 10.9. The number of primary amides is 2. The molecule has 0 heterocycles. The molecule has 0 atom stereocenters. The van der Waals surface area contributed by atoms with Crippen molar-refractivity contribution in [3.63, 3.8) is 0 Å². The molecule has 0 aliphatic carbocycles. The summed E-state index contributed by atoms with van der Waals surface area (Å²) >= 11 is 0. The van der Waals surface area contributed by atoms with Crippen molar-refractivity contribution in [2.45, 2.75) is 6.42 Å². The topological polar surface area (TPSA) is 86.2 Å². The first kappa shape index (κ1) is 16.4. The number of carbonyl (C=O) groups excluding carboxylic acids is 2. The van der Waals surface area contributed by atoms with E-state index in [0.29, 0.717) is 22.3 Å². The highest BCUT2D eigenvalue weighted by atomic mass is 16.1. The minimum absolute atomic E-state index is 0.0334. The van der Waals surface area contributed by atoms with Gasteiger partial charge in [-0.1, -0.05) is 39.5 Å². The van der Waals surface area contributed by atoms with Gasteiger partial charge in [0, 0.05) is 5.57 Å². The number of hydrogen-bond acceptors (Lipinski definition) is 2. The van der Waals surface area contributed by atoms with Crippen LogP contribution in [0, 0.1) is 0 Å². The van der Waals surface area contributed by atoms with E-state index in [4.69, 9.17) is 11.5 Å². The van der Waals surface area contributed by atoms with Gasteiger partial charge in [0.25, 0.3) is 0 Å². The van der Waals surface area contributed by atoms with Crippen LogP contribution in [0.15, 0.2) is 72.9 Å². The Morgan fingerprint density at radius 1 is 0.684 bits per heavy atom. The van der Waals surface area contributed by atoms with Crippen LogP contribution in [0.2, 0.25) is 0 Å². The molecule has 0 bridgehead atoms. The standard InChI is InChI=1S/C15H18N2O2/c1-8(7-14(16)18)9(2)10(3)11(4)12(5)13(6)15(17)19/h1-7H2,(H2,16,18)(H2,17,19). The van der Waals surface area contributed by atoms with Crippen LogP contribution in [0.5, 0.6) is 0 Å². The molecule has 4 heteroatoms. The molecule has 0 aliphatic heterocycles. The van der Waals surface area contributed by atoms with Crippen LogP contribution in [0.1, 0.15) is 6.42 Å². The van der Waals surface area contributed by atoms with E-state index in [0.717, 1.165) is 0 Å². The summed E-state index contributed by atoms with van der Waals surface area (Å²) in [6, 6.07) is 0. The molecule has 0 radical (unpaired) electrons. The smallest absolute Gasteiger partial charge is 0.248 e. The van der Waals surface area contributed by atoms with Crippen LogP contribution < -0.4 is 11.5 Å². The molecule has 2 amide bonds. The SMILES string of the molecule is C=C(CC(N)=O)C(=C)C(=C)C(=C)C(=C)C(=C)C(N)=O. The maximum atomic E-state index is 11.0. The molecule has 19 heavy (non-hydrogen) atoms. The predicted molar refractivity (Wildman–Crippen MR) is 77.8 cm³/mol. The zero-order chi connectivity index (χ0) is 15.3. The third kappa shape index (κ3) is 4.27. The first-order chi connectivity index (χ1) is 8.59. The van der Waals surface area contributed by atoms with Crippen molar-refractivity contribution in [2.24, 2.45) is 11.5 Å². The number of rotatable bonds is 8. The molecular weight excluding hydrogens is 240 g/mol. The molecule has 0 unspecified atom stereocenters. The molecule has 0 rings (SSSR count). The van der Waals surface area contributed by atoms with Crippen molar-refractivity contribution in [1.82, 2.24) is 0 Å². The normalized spacial score (nSPS) is 9.26. The van der Waals surface area contributed by atoms with Crippen molar-refractivity contribution < 1.29 is 9.59 Å². The highest BCUT2D eigenvalue weighted by Gasteiger charge is 2.15. The Balaban J connectivity index is 4.98. The van der Waals surface area contributed by atoms with Crippen molar-refractivity contribution in [3.8, 4) is 0 Å². The Morgan fingerprint density at radius 3 is 1.42 bits per heavy atom. The summed E-state index contributed by atoms with van der Waals surface area (Å²) in [5, 5.41) is 0. The van der Waals surface area contributed by atoms with Crippen LogP contribution >= 0.6 is 0 Å². The fourth-order valence-corrected chi connectivity index (χ4v) is 1.23. The summed E-state index contributed by atoms with van der Waals surface area (Å²) in [5.41, 5.74) is 12.1. The molecule has 0 spiro atoms. The lowest BCUT2D eigenvalue weighted by molar-refractivity contribution is -0.117. The molecular formula is C15H18N2O2. The van der Waals surface area contributed by atoms with Crippen LogP contribution in [-0.2, 0) is 9.59 Å². The first-order valence-corrected chi connectivity index (χ1v) is 5.31. The van der Waals surface area contributed by atoms with E-state index in [1.54, 1.807) is 0 Å². The lowest BCUT2D eigenvalue weighted by Gasteiger charge is -2.16. The molecule has 0 aliphatic rings. The minimum atomic E-state index is -0.694. The van der Waals surface area contributed by atoms with E-state index in [-0.39, 0.29) is 17.6 Å². The van der Waals surface area contributed by atoms with Gasteiger partial charge in [0.05, 0.1) is 6.42 Å². The molecule has 4 nitrogen and oxygen atoms in total. The fourth-order valence-electron chi connectivity index (χ4n) is 1.23. The Hall–Kier alpha value is -2.62. The molecule has 0 aromatic rings. The molecule has 0 fully saturated rings. The van der Waals surface area contributed by atoms with Crippen LogP contribution in [0.25, 0.3) is 0 Å². The van der Waals surface area contributed by atoms with Gasteiger partial charge < -0.3 is 11.5 Å². The van der Waals surface area contributed by atoms with E-state index in [1.165, 1.54) is 0 Å². The molecule has 0 aromatic heterocycles. The Labute approximate surface area is 113 Å². The van der Waals surface area contributed by atoms with Gasteiger partial charge in [-0.3, -0.25) is 9.59 Å². The quantitative estimate of drug-likeness (QED) is 0.512. The molecule has 0 aromatic carbocycles. The van der Waals surface area contributed by atoms with Gasteiger partial charge in [0.1, 0.15) is 0 Å². The second-order valence-electron chi connectivity index (χ2n) is 4.00. The second kappa shape index (κ2) is 6.35. The number of carbonyl (C=O) groups is 2. The van der Waals surface area contributed by atoms with Crippen LogP contribution in [0.4, 0.5) is 0 Å². The fraction of sp³-hybridized carbons (Fsp3) is 0.0667. The van der Waals surface area contributed by atoms with Gasteiger partial charge in [-0.25, -0.2) is 0 Å². The molecule has 0 saturated carbocycles. The van der Waals surface area contributed by atoms with E-state index in [2.05, 4.69) is 39.5 Å². The molecule has 0 saturated heterocycles. The summed E-state index contributed by atoms with van der Waals surface area (Å²) in [4.78, 5) is 21.8. The summed E-state index contributed by atoms with van der Waals surface area (Å²) in [7, 11) is 0. The van der Waals surface area contributed by atoms with E-state index in [1.807, 2.05) is 0 Å². The average Bonchev–Trinajstić information content (AvgIpc) is 2.33. The molecule has 4 N–H and O–H groups in total. The number of allylic oxidation sites excluding steroid dienone is 3. The largest absolute Gasteiger partial charge is 0.369 e. The van der Waals surface area contributed by atoms with Crippen molar-refractivity contribution >= 4 is 11.8 Å². The molecule has 100 valence electrons. The van der Waals surface area contributed by atoms with Crippen molar-refractivity contribution in [3.05, 3.63) is 72.9 Å². The highest BCUT2D eigenvalue weighted by Crippen LogP contribution is 2.28. The predicted octanol–water partition coefficient (Wildman–Crippen LogP) is 1.68. The van der Waals surface area contributed by atoms with Crippen LogP contribution in [0.3, 0.4) is 0 Å². The third-order valence-electron chi connectivity index (χ3n) is 2.57. The summed E-state index contributed by atoms with van der Waals surface area (Å²) < 4.78 is 0. The monoisotopic (exact) mass is 258 g/mol. The highest BCUT2D eigenvalue weighted by molar-refractivity contribution is 5.97. The Morgan fingerprint density at radius 2 is 1.05 bits per heavy atom. The summed E-state index contributed by atoms with van der Waals surface area (Å²) in [5.74, 6) is -1.22. The van der Waals surface area contributed by atoms with Gasteiger partial charge in [-0.2, -0.15) is 0 Å². The third-order valence-corrected chi connectivity index (χ3v) is 2.57. The van der Waals surface area contributed by atoms with Crippen molar-refractivity contribution in [2.75, 3.05) is 0 Å². The maximum Gasteiger partial charge on any atom is 0.248 e. The van der Waals surface area contributed by atoms with E-state index >= 15 is 0 Å².